The molecule has 8 heteroatoms. The smallest absolute Gasteiger partial charge is 0.242 e. The summed E-state index contributed by atoms with van der Waals surface area (Å²) in [5, 5.41) is 3.81. The average molecular weight is 395 g/mol. The molecular formula is C16H24Cl2N2O3S. The van der Waals surface area contributed by atoms with Crippen molar-refractivity contribution in [3.8, 4) is 5.75 Å². The lowest BCUT2D eigenvalue weighted by atomic mass is 9.80. The fourth-order valence-corrected chi connectivity index (χ4v) is 5.65. The highest BCUT2D eigenvalue weighted by molar-refractivity contribution is 7.89. The average Bonchev–Trinajstić information content (AvgIpc) is 2.36. The van der Waals surface area contributed by atoms with Gasteiger partial charge in [0.05, 0.1) is 17.2 Å². The number of hydrogen-bond donors (Lipinski definition) is 2. The molecule has 0 radical (unpaired) electrons. The maximum absolute atomic E-state index is 12.8. The van der Waals surface area contributed by atoms with Crippen LogP contribution in [0.1, 0.15) is 40.5 Å². The van der Waals surface area contributed by atoms with Gasteiger partial charge in [0.25, 0.3) is 0 Å². The van der Waals surface area contributed by atoms with Gasteiger partial charge in [0.1, 0.15) is 10.6 Å². The number of methoxy groups -OCH3 is 1. The normalized spacial score (nSPS) is 20.8. The summed E-state index contributed by atoms with van der Waals surface area (Å²) in [7, 11) is -2.34. The van der Waals surface area contributed by atoms with Gasteiger partial charge >= 0.3 is 0 Å². The molecule has 0 amide bonds. The van der Waals surface area contributed by atoms with Gasteiger partial charge in [-0.1, -0.05) is 23.2 Å². The maximum atomic E-state index is 12.8. The van der Waals surface area contributed by atoms with Crippen LogP contribution in [-0.2, 0) is 10.0 Å². The molecule has 1 saturated heterocycles. The molecule has 1 aromatic rings. The van der Waals surface area contributed by atoms with Gasteiger partial charge in [-0.25, -0.2) is 13.1 Å². The number of ether oxygens (including phenoxy) is 1. The van der Waals surface area contributed by atoms with Gasteiger partial charge in [-0.05, 0) is 46.6 Å². The topological polar surface area (TPSA) is 67.4 Å². The van der Waals surface area contributed by atoms with Crippen LogP contribution in [-0.4, -0.2) is 32.6 Å². The van der Waals surface area contributed by atoms with Crippen molar-refractivity contribution in [2.75, 3.05) is 7.11 Å². The van der Waals surface area contributed by atoms with Crippen molar-refractivity contribution in [2.24, 2.45) is 0 Å². The Kier molecular flexibility index (Phi) is 5.48. The fraction of sp³-hybridized carbons (Fsp3) is 0.625. The van der Waals surface area contributed by atoms with E-state index in [4.69, 9.17) is 27.9 Å². The monoisotopic (exact) mass is 394 g/mol. The van der Waals surface area contributed by atoms with Gasteiger partial charge in [0.15, 0.2) is 0 Å². The van der Waals surface area contributed by atoms with Crippen molar-refractivity contribution in [3.05, 3.63) is 22.2 Å². The minimum atomic E-state index is -3.79. The fourth-order valence-electron chi connectivity index (χ4n) is 3.56. The minimum absolute atomic E-state index is 0.0379. The Hall–Kier alpha value is -0.530. The number of nitrogens with one attached hydrogen (secondary N) is 2. The molecule has 1 aliphatic heterocycles. The molecule has 24 heavy (non-hydrogen) atoms. The van der Waals surface area contributed by atoms with E-state index >= 15 is 0 Å². The molecule has 1 aromatic carbocycles. The van der Waals surface area contributed by atoms with Gasteiger partial charge in [0.2, 0.25) is 10.0 Å². The molecule has 0 unspecified atom stereocenters. The lowest BCUT2D eigenvalue weighted by Gasteiger charge is -2.46. The van der Waals surface area contributed by atoms with Crippen LogP contribution in [0.2, 0.25) is 10.0 Å². The molecule has 136 valence electrons. The van der Waals surface area contributed by atoms with E-state index in [-0.39, 0.29) is 32.1 Å². The summed E-state index contributed by atoms with van der Waals surface area (Å²) < 4.78 is 33.4. The first-order valence-electron chi connectivity index (χ1n) is 7.70. The molecular weight excluding hydrogens is 371 g/mol. The van der Waals surface area contributed by atoms with Crippen molar-refractivity contribution in [1.82, 2.24) is 10.0 Å². The second-order valence-electron chi connectivity index (χ2n) is 7.54. The molecule has 0 saturated carbocycles. The van der Waals surface area contributed by atoms with E-state index in [2.05, 4.69) is 37.7 Å². The van der Waals surface area contributed by atoms with Crippen LogP contribution in [0.15, 0.2) is 17.0 Å². The third-order valence-electron chi connectivity index (χ3n) is 4.01. The summed E-state index contributed by atoms with van der Waals surface area (Å²) in [6.07, 6.45) is 1.36. The van der Waals surface area contributed by atoms with Gasteiger partial charge in [-0.2, -0.15) is 0 Å². The Balaban J connectivity index is 2.30. The molecule has 0 aliphatic carbocycles. The highest BCUT2D eigenvalue weighted by Gasteiger charge is 2.39. The molecule has 1 fully saturated rings. The van der Waals surface area contributed by atoms with Gasteiger partial charge in [-0.3, -0.25) is 0 Å². The van der Waals surface area contributed by atoms with Crippen molar-refractivity contribution < 1.29 is 13.2 Å². The van der Waals surface area contributed by atoms with Gasteiger partial charge in [-0.15, -0.1) is 0 Å². The van der Waals surface area contributed by atoms with Crippen LogP contribution in [0.5, 0.6) is 5.75 Å². The summed E-state index contributed by atoms with van der Waals surface area (Å²) >= 11 is 12.2. The maximum Gasteiger partial charge on any atom is 0.242 e. The van der Waals surface area contributed by atoms with Crippen LogP contribution >= 0.6 is 23.2 Å². The first kappa shape index (κ1) is 19.8. The highest BCUT2D eigenvalue weighted by Crippen LogP contribution is 2.34. The first-order valence-corrected chi connectivity index (χ1v) is 9.94. The van der Waals surface area contributed by atoms with Crippen LogP contribution in [0.25, 0.3) is 0 Å². The van der Waals surface area contributed by atoms with Crippen LogP contribution in [0.3, 0.4) is 0 Å². The van der Waals surface area contributed by atoms with E-state index in [0.717, 1.165) is 0 Å². The third kappa shape index (κ3) is 4.55. The Morgan fingerprint density at radius 3 is 2.17 bits per heavy atom. The second-order valence-corrected chi connectivity index (χ2v) is 10.0. The number of halogens is 2. The SMILES string of the molecule is COc1cc(Cl)c(S(=O)(=O)NC2CC(C)(C)NC(C)(C)C2)cc1Cl. The number of benzene rings is 1. The number of hydrogen-bond acceptors (Lipinski definition) is 4. The zero-order valence-electron chi connectivity index (χ0n) is 14.5. The molecule has 1 aliphatic rings. The third-order valence-corrected chi connectivity index (χ3v) is 6.29. The molecule has 2 rings (SSSR count). The number of rotatable bonds is 4. The summed E-state index contributed by atoms with van der Waals surface area (Å²) in [6, 6.07) is 2.54. The second kappa shape index (κ2) is 6.65. The predicted octanol–water partition coefficient (Wildman–Crippen LogP) is 3.59. The zero-order valence-corrected chi connectivity index (χ0v) is 16.9. The van der Waals surface area contributed by atoms with Crippen LogP contribution in [0.4, 0.5) is 0 Å². The molecule has 0 atom stereocenters. The van der Waals surface area contributed by atoms with Crippen LogP contribution in [0, 0.1) is 0 Å². The molecule has 5 nitrogen and oxygen atoms in total. The van der Waals surface area contributed by atoms with Crippen LogP contribution < -0.4 is 14.8 Å². The summed E-state index contributed by atoms with van der Waals surface area (Å²) in [6.45, 7) is 8.25. The zero-order chi connectivity index (χ0) is 18.3. The Labute approximate surface area is 154 Å². The van der Waals surface area contributed by atoms with E-state index in [0.29, 0.717) is 18.6 Å². The molecule has 0 aromatic heterocycles. The standard InChI is InChI=1S/C16H24Cl2N2O3S/c1-15(2)8-10(9-16(3,4)20-15)19-24(21,22)14-7-11(17)13(23-5)6-12(14)18/h6-7,10,19-20H,8-9H2,1-5H3. The van der Waals surface area contributed by atoms with E-state index < -0.39 is 10.0 Å². The quantitative estimate of drug-likeness (QED) is 0.818. The molecule has 1 heterocycles. The minimum Gasteiger partial charge on any atom is -0.495 e. The van der Waals surface area contributed by atoms with E-state index in [1.165, 1.54) is 19.2 Å². The Morgan fingerprint density at radius 1 is 1.12 bits per heavy atom. The molecule has 0 spiro atoms. The summed E-state index contributed by atoms with van der Waals surface area (Å²) in [5.41, 5.74) is -0.341. The van der Waals surface area contributed by atoms with Gasteiger partial charge < -0.3 is 10.1 Å². The van der Waals surface area contributed by atoms with Crippen molar-refractivity contribution in [3.63, 3.8) is 0 Å². The Bertz CT molecular complexity index is 717. The summed E-state index contributed by atoms with van der Waals surface area (Å²) in [5.74, 6) is 0.338. The largest absolute Gasteiger partial charge is 0.495 e. The lowest BCUT2D eigenvalue weighted by Crippen LogP contribution is -2.62. The van der Waals surface area contributed by atoms with E-state index in [1.807, 2.05) is 0 Å². The number of piperidine rings is 1. The highest BCUT2D eigenvalue weighted by atomic mass is 35.5. The number of sulfonamides is 1. The Morgan fingerprint density at radius 2 is 1.67 bits per heavy atom. The van der Waals surface area contributed by atoms with E-state index in [1.54, 1.807) is 0 Å². The molecule has 0 bridgehead atoms. The first-order chi connectivity index (χ1) is 10.9. The predicted molar refractivity (Wildman–Crippen MR) is 97.7 cm³/mol. The van der Waals surface area contributed by atoms with Crippen molar-refractivity contribution in [1.29, 1.82) is 0 Å². The summed E-state index contributed by atoms with van der Waals surface area (Å²) in [4.78, 5) is -0.0379. The van der Waals surface area contributed by atoms with Crippen molar-refractivity contribution >= 4 is 33.2 Å². The molecule has 2 N–H and O–H groups in total. The van der Waals surface area contributed by atoms with E-state index in [9.17, 15) is 8.42 Å². The van der Waals surface area contributed by atoms with Gasteiger partial charge in [0, 0.05) is 23.2 Å². The van der Waals surface area contributed by atoms with Crippen molar-refractivity contribution in [2.45, 2.75) is 62.6 Å². The lowest BCUT2D eigenvalue weighted by molar-refractivity contribution is 0.157.